The molecule has 0 spiro atoms. The Balaban J connectivity index is 2.56. The van der Waals surface area contributed by atoms with Gasteiger partial charge in [-0.1, -0.05) is 30.9 Å². The standard InChI is InChI=1S/C11H16O2/c1-2-10(12)6-9-11(13)7-4-3-5-8-11/h2,10,12-13H,1,3-5,7-8H2. The fraction of sp³-hybridized carbons (Fsp3) is 0.636. The molecule has 0 aromatic rings. The van der Waals surface area contributed by atoms with E-state index in [-0.39, 0.29) is 0 Å². The predicted octanol–water partition coefficient (Wildman–Crippen LogP) is 1.23. The molecule has 13 heavy (non-hydrogen) atoms. The summed E-state index contributed by atoms with van der Waals surface area (Å²) in [5, 5.41) is 19.0. The lowest BCUT2D eigenvalue weighted by molar-refractivity contribution is 0.0606. The van der Waals surface area contributed by atoms with Crippen LogP contribution in [0.15, 0.2) is 12.7 Å². The fourth-order valence-corrected chi connectivity index (χ4v) is 1.53. The monoisotopic (exact) mass is 180 g/mol. The van der Waals surface area contributed by atoms with E-state index in [4.69, 9.17) is 5.11 Å². The van der Waals surface area contributed by atoms with Gasteiger partial charge in [0.25, 0.3) is 0 Å². The van der Waals surface area contributed by atoms with Crippen LogP contribution in [0.25, 0.3) is 0 Å². The molecule has 1 aliphatic carbocycles. The SMILES string of the molecule is C=CC(O)C#CC1(O)CCCCC1. The lowest BCUT2D eigenvalue weighted by atomic mass is 9.85. The minimum Gasteiger partial charge on any atom is -0.378 e. The number of aliphatic hydroxyl groups is 2. The summed E-state index contributed by atoms with van der Waals surface area (Å²) in [5.41, 5.74) is -0.859. The maximum Gasteiger partial charge on any atom is 0.133 e. The summed E-state index contributed by atoms with van der Waals surface area (Å²) in [5.74, 6) is 5.31. The quantitative estimate of drug-likeness (QED) is 0.470. The summed E-state index contributed by atoms with van der Waals surface area (Å²) in [6.45, 7) is 3.41. The maximum absolute atomic E-state index is 9.90. The highest BCUT2D eigenvalue weighted by Gasteiger charge is 2.26. The Kier molecular flexibility index (Phi) is 3.53. The van der Waals surface area contributed by atoms with Crippen LogP contribution < -0.4 is 0 Å². The van der Waals surface area contributed by atoms with Crippen molar-refractivity contribution >= 4 is 0 Å². The second-order valence-electron chi connectivity index (χ2n) is 3.54. The predicted molar refractivity (Wildman–Crippen MR) is 52.0 cm³/mol. The summed E-state index contributed by atoms with van der Waals surface area (Å²) in [7, 11) is 0. The van der Waals surface area contributed by atoms with Gasteiger partial charge in [-0.2, -0.15) is 0 Å². The zero-order valence-corrected chi connectivity index (χ0v) is 7.79. The van der Waals surface area contributed by atoms with Crippen molar-refractivity contribution in [1.29, 1.82) is 0 Å². The number of hydrogen-bond acceptors (Lipinski definition) is 2. The van der Waals surface area contributed by atoms with E-state index in [1.54, 1.807) is 0 Å². The molecule has 1 atom stereocenters. The van der Waals surface area contributed by atoms with Crippen LogP contribution in [-0.2, 0) is 0 Å². The lowest BCUT2D eigenvalue weighted by Gasteiger charge is -2.26. The molecule has 0 radical (unpaired) electrons. The second kappa shape index (κ2) is 4.45. The molecule has 0 heterocycles. The molecular formula is C11H16O2. The third-order valence-corrected chi connectivity index (χ3v) is 2.36. The minimum atomic E-state index is -0.859. The van der Waals surface area contributed by atoms with Gasteiger partial charge in [0.1, 0.15) is 11.7 Å². The van der Waals surface area contributed by atoms with Crippen LogP contribution in [0.2, 0.25) is 0 Å². The average Bonchev–Trinajstić information content (AvgIpc) is 2.15. The molecule has 1 rings (SSSR count). The highest BCUT2D eigenvalue weighted by molar-refractivity contribution is 5.19. The van der Waals surface area contributed by atoms with Crippen LogP contribution in [0.3, 0.4) is 0 Å². The van der Waals surface area contributed by atoms with Gasteiger partial charge in [0.2, 0.25) is 0 Å². The Morgan fingerprint density at radius 1 is 1.31 bits per heavy atom. The van der Waals surface area contributed by atoms with E-state index >= 15 is 0 Å². The van der Waals surface area contributed by atoms with Gasteiger partial charge >= 0.3 is 0 Å². The Labute approximate surface area is 79.3 Å². The van der Waals surface area contributed by atoms with Crippen LogP contribution in [0, 0.1) is 11.8 Å². The van der Waals surface area contributed by atoms with E-state index in [1.807, 2.05) is 0 Å². The third kappa shape index (κ3) is 3.22. The van der Waals surface area contributed by atoms with Crippen molar-refractivity contribution in [3.8, 4) is 11.8 Å². The maximum atomic E-state index is 9.90. The van der Waals surface area contributed by atoms with Crippen molar-refractivity contribution in [3.05, 3.63) is 12.7 Å². The van der Waals surface area contributed by atoms with E-state index in [9.17, 15) is 5.11 Å². The third-order valence-electron chi connectivity index (χ3n) is 2.36. The van der Waals surface area contributed by atoms with Crippen LogP contribution in [0.1, 0.15) is 32.1 Å². The minimum absolute atomic E-state index is 0.726. The lowest BCUT2D eigenvalue weighted by Crippen LogP contribution is -2.29. The zero-order chi connectivity index (χ0) is 9.73. The van der Waals surface area contributed by atoms with Gasteiger partial charge in [0.15, 0.2) is 0 Å². The molecule has 0 aromatic heterocycles. The Morgan fingerprint density at radius 3 is 2.46 bits per heavy atom. The van der Waals surface area contributed by atoms with E-state index in [1.165, 1.54) is 12.5 Å². The van der Waals surface area contributed by atoms with Gasteiger partial charge in [0.05, 0.1) is 0 Å². The molecular weight excluding hydrogens is 164 g/mol. The van der Waals surface area contributed by atoms with Crippen molar-refractivity contribution in [2.24, 2.45) is 0 Å². The van der Waals surface area contributed by atoms with Crippen LogP contribution in [0.4, 0.5) is 0 Å². The molecule has 0 amide bonds. The van der Waals surface area contributed by atoms with E-state index in [2.05, 4.69) is 18.4 Å². The summed E-state index contributed by atoms with van der Waals surface area (Å²) in [6, 6.07) is 0. The highest BCUT2D eigenvalue weighted by atomic mass is 16.3. The van der Waals surface area contributed by atoms with Gasteiger partial charge in [-0.3, -0.25) is 0 Å². The summed E-state index contributed by atoms with van der Waals surface area (Å²) in [4.78, 5) is 0. The molecule has 1 fully saturated rings. The Hall–Kier alpha value is -0.780. The van der Waals surface area contributed by atoms with Crippen LogP contribution in [-0.4, -0.2) is 21.9 Å². The van der Waals surface area contributed by atoms with Crippen molar-refractivity contribution < 1.29 is 10.2 Å². The largest absolute Gasteiger partial charge is 0.378 e. The number of aliphatic hydroxyl groups excluding tert-OH is 1. The summed E-state index contributed by atoms with van der Waals surface area (Å²) < 4.78 is 0. The van der Waals surface area contributed by atoms with Gasteiger partial charge in [-0.05, 0) is 25.7 Å². The van der Waals surface area contributed by atoms with Gasteiger partial charge in [-0.15, -0.1) is 0 Å². The molecule has 72 valence electrons. The molecule has 0 saturated heterocycles. The molecule has 2 heteroatoms. The van der Waals surface area contributed by atoms with Crippen molar-refractivity contribution in [2.45, 2.75) is 43.8 Å². The zero-order valence-electron chi connectivity index (χ0n) is 7.79. The first kappa shape index (κ1) is 10.3. The summed E-state index contributed by atoms with van der Waals surface area (Å²) >= 11 is 0. The van der Waals surface area contributed by atoms with E-state index in [0.29, 0.717) is 0 Å². The number of rotatable bonds is 1. The second-order valence-corrected chi connectivity index (χ2v) is 3.54. The van der Waals surface area contributed by atoms with Crippen molar-refractivity contribution in [2.75, 3.05) is 0 Å². The first-order chi connectivity index (χ1) is 6.16. The van der Waals surface area contributed by atoms with Gasteiger partial charge < -0.3 is 10.2 Å². The molecule has 0 aliphatic heterocycles. The normalized spacial score (nSPS) is 22.6. The molecule has 1 unspecified atom stereocenters. The van der Waals surface area contributed by atoms with Gasteiger partial charge in [-0.25, -0.2) is 0 Å². The number of hydrogen-bond donors (Lipinski definition) is 2. The smallest absolute Gasteiger partial charge is 0.133 e. The molecule has 0 bridgehead atoms. The molecule has 0 aromatic carbocycles. The van der Waals surface area contributed by atoms with Gasteiger partial charge in [0, 0.05) is 0 Å². The molecule has 2 nitrogen and oxygen atoms in total. The Bertz CT molecular complexity index is 228. The average molecular weight is 180 g/mol. The fourth-order valence-electron chi connectivity index (χ4n) is 1.53. The van der Waals surface area contributed by atoms with Crippen LogP contribution in [0.5, 0.6) is 0 Å². The molecule has 1 aliphatic rings. The van der Waals surface area contributed by atoms with E-state index in [0.717, 1.165) is 25.7 Å². The van der Waals surface area contributed by atoms with E-state index < -0.39 is 11.7 Å². The summed E-state index contributed by atoms with van der Waals surface area (Å²) in [6.07, 6.45) is 5.22. The first-order valence-electron chi connectivity index (χ1n) is 4.72. The molecule has 2 N–H and O–H groups in total. The first-order valence-corrected chi connectivity index (χ1v) is 4.72. The van der Waals surface area contributed by atoms with Crippen molar-refractivity contribution in [3.63, 3.8) is 0 Å². The topological polar surface area (TPSA) is 40.5 Å². The Morgan fingerprint density at radius 2 is 1.92 bits per heavy atom. The molecule has 1 saturated carbocycles. The van der Waals surface area contributed by atoms with Crippen molar-refractivity contribution in [1.82, 2.24) is 0 Å². The highest BCUT2D eigenvalue weighted by Crippen LogP contribution is 2.27. The van der Waals surface area contributed by atoms with Crippen LogP contribution >= 0.6 is 0 Å².